The highest BCUT2D eigenvalue weighted by molar-refractivity contribution is 5.90. The Balaban J connectivity index is 1.64. The van der Waals surface area contributed by atoms with Gasteiger partial charge in [-0.1, -0.05) is 24.3 Å². The Labute approximate surface area is 139 Å². The summed E-state index contributed by atoms with van der Waals surface area (Å²) >= 11 is 0. The van der Waals surface area contributed by atoms with E-state index in [0.717, 1.165) is 17.9 Å². The lowest BCUT2D eigenvalue weighted by molar-refractivity contribution is 0.0994. The van der Waals surface area contributed by atoms with Crippen molar-refractivity contribution in [3.8, 4) is 0 Å². The highest BCUT2D eigenvalue weighted by Crippen LogP contribution is 2.11. The standard InChI is InChI=1S/C17H18N6O/c1-12-19-7-8-23(12)11-14-4-2-3-13(9-14)10-20-16-6-5-15(17(18)24)21-22-16/h2-9H,10-11H2,1H3,(H2,18,24)(H,20,22). The number of aromatic nitrogens is 4. The number of benzene rings is 1. The number of amides is 1. The lowest BCUT2D eigenvalue weighted by atomic mass is 10.1. The van der Waals surface area contributed by atoms with Crippen LogP contribution >= 0.6 is 0 Å². The second-order valence-corrected chi connectivity index (χ2v) is 5.44. The fraction of sp³-hybridized carbons (Fsp3) is 0.176. The number of carbonyl (C=O) groups excluding carboxylic acids is 1. The first-order valence-electron chi connectivity index (χ1n) is 7.55. The van der Waals surface area contributed by atoms with Gasteiger partial charge in [0.2, 0.25) is 0 Å². The van der Waals surface area contributed by atoms with Crippen LogP contribution in [0, 0.1) is 6.92 Å². The molecule has 7 nitrogen and oxygen atoms in total. The predicted octanol–water partition coefficient (Wildman–Crippen LogP) is 1.74. The van der Waals surface area contributed by atoms with Gasteiger partial charge >= 0.3 is 0 Å². The molecule has 0 bridgehead atoms. The third-order valence-electron chi connectivity index (χ3n) is 3.66. The van der Waals surface area contributed by atoms with Crippen molar-refractivity contribution < 1.29 is 4.79 Å². The molecule has 3 aromatic rings. The average Bonchev–Trinajstić information content (AvgIpc) is 2.98. The number of nitrogens with two attached hydrogens (primary N) is 1. The van der Waals surface area contributed by atoms with Gasteiger partial charge in [0.25, 0.3) is 5.91 Å². The zero-order valence-electron chi connectivity index (χ0n) is 13.3. The quantitative estimate of drug-likeness (QED) is 0.720. The number of carbonyl (C=O) groups is 1. The van der Waals surface area contributed by atoms with Crippen LogP contribution in [0.25, 0.3) is 0 Å². The van der Waals surface area contributed by atoms with Crippen LogP contribution in [0.2, 0.25) is 0 Å². The molecule has 0 radical (unpaired) electrons. The molecule has 0 unspecified atom stereocenters. The molecule has 1 amide bonds. The van der Waals surface area contributed by atoms with E-state index in [4.69, 9.17) is 5.73 Å². The first-order valence-corrected chi connectivity index (χ1v) is 7.55. The van der Waals surface area contributed by atoms with Crippen molar-refractivity contribution in [1.82, 2.24) is 19.7 Å². The summed E-state index contributed by atoms with van der Waals surface area (Å²) in [6.07, 6.45) is 3.77. The fourth-order valence-electron chi connectivity index (χ4n) is 2.36. The largest absolute Gasteiger partial charge is 0.365 e. The van der Waals surface area contributed by atoms with Crippen LogP contribution in [-0.2, 0) is 13.1 Å². The summed E-state index contributed by atoms with van der Waals surface area (Å²) in [5, 5.41) is 10.9. The molecule has 0 spiro atoms. The number of primary amides is 1. The first-order chi connectivity index (χ1) is 11.6. The van der Waals surface area contributed by atoms with Crippen LogP contribution in [0.1, 0.15) is 27.4 Å². The third kappa shape index (κ3) is 3.75. The molecule has 2 aromatic heterocycles. The van der Waals surface area contributed by atoms with Crippen molar-refractivity contribution in [2.24, 2.45) is 5.73 Å². The van der Waals surface area contributed by atoms with Crippen molar-refractivity contribution in [2.45, 2.75) is 20.0 Å². The molecule has 0 saturated heterocycles. The van der Waals surface area contributed by atoms with Gasteiger partial charge in [0.05, 0.1) is 0 Å². The van der Waals surface area contributed by atoms with Gasteiger partial charge in [-0.15, -0.1) is 10.2 Å². The molecule has 7 heteroatoms. The maximum atomic E-state index is 11.0. The number of imidazole rings is 1. The molecule has 0 aliphatic rings. The van der Waals surface area contributed by atoms with E-state index in [-0.39, 0.29) is 5.69 Å². The molecule has 0 fully saturated rings. The van der Waals surface area contributed by atoms with E-state index < -0.39 is 5.91 Å². The summed E-state index contributed by atoms with van der Waals surface area (Å²) in [6, 6.07) is 11.5. The van der Waals surface area contributed by atoms with Crippen LogP contribution in [-0.4, -0.2) is 25.7 Å². The van der Waals surface area contributed by atoms with E-state index in [1.807, 2.05) is 25.3 Å². The third-order valence-corrected chi connectivity index (χ3v) is 3.66. The van der Waals surface area contributed by atoms with Gasteiger partial charge < -0.3 is 15.6 Å². The minimum atomic E-state index is -0.587. The van der Waals surface area contributed by atoms with E-state index in [2.05, 4.69) is 37.2 Å². The first kappa shape index (κ1) is 15.7. The second kappa shape index (κ2) is 6.91. The van der Waals surface area contributed by atoms with E-state index in [9.17, 15) is 4.79 Å². The summed E-state index contributed by atoms with van der Waals surface area (Å²) in [5.41, 5.74) is 7.62. The van der Waals surface area contributed by atoms with Crippen molar-refractivity contribution >= 4 is 11.7 Å². The van der Waals surface area contributed by atoms with Gasteiger partial charge in [0.1, 0.15) is 11.6 Å². The lowest BCUT2D eigenvalue weighted by Gasteiger charge is -2.09. The second-order valence-electron chi connectivity index (χ2n) is 5.44. The lowest BCUT2D eigenvalue weighted by Crippen LogP contribution is -2.14. The van der Waals surface area contributed by atoms with Gasteiger partial charge in [0.15, 0.2) is 5.69 Å². The molecular weight excluding hydrogens is 304 g/mol. The molecular formula is C17H18N6O. The van der Waals surface area contributed by atoms with E-state index >= 15 is 0 Å². The van der Waals surface area contributed by atoms with Crippen molar-refractivity contribution in [3.05, 3.63) is 71.4 Å². The Morgan fingerprint density at radius 3 is 2.71 bits per heavy atom. The maximum absolute atomic E-state index is 11.0. The summed E-state index contributed by atoms with van der Waals surface area (Å²) in [4.78, 5) is 15.2. The number of aryl methyl sites for hydroxylation is 1. The molecule has 0 aliphatic heterocycles. The number of rotatable bonds is 6. The van der Waals surface area contributed by atoms with Crippen LogP contribution in [0.3, 0.4) is 0 Å². The SMILES string of the molecule is Cc1nccn1Cc1cccc(CNc2ccc(C(N)=O)nn2)c1. The average molecular weight is 322 g/mol. The Bertz CT molecular complexity index is 840. The molecule has 122 valence electrons. The number of nitrogens with zero attached hydrogens (tertiary/aromatic N) is 4. The molecule has 24 heavy (non-hydrogen) atoms. The fourth-order valence-corrected chi connectivity index (χ4v) is 2.36. The molecule has 1 aromatic carbocycles. The summed E-state index contributed by atoms with van der Waals surface area (Å²) < 4.78 is 2.10. The number of anilines is 1. The molecule has 0 atom stereocenters. The van der Waals surface area contributed by atoms with Gasteiger partial charge in [-0.3, -0.25) is 4.79 Å². The normalized spacial score (nSPS) is 10.5. The van der Waals surface area contributed by atoms with Gasteiger partial charge in [-0.25, -0.2) is 4.98 Å². The van der Waals surface area contributed by atoms with Crippen LogP contribution in [0.5, 0.6) is 0 Å². The summed E-state index contributed by atoms with van der Waals surface area (Å²) in [6.45, 7) is 3.38. The predicted molar refractivity (Wildman–Crippen MR) is 90.4 cm³/mol. The zero-order chi connectivity index (χ0) is 16.9. The highest BCUT2D eigenvalue weighted by Gasteiger charge is 2.04. The molecule has 0 saturated carbocycles. The van der Waals surface area contributed by atoms with Gasteiger partial charge in [0, 0.05) is 25.5 Å². The number of hydrogen-bond acceptors (Lipinski definition) is 5. The summed E-state index contributed by atoms with van der Waals surface area (Å²) in [5.74, 6) is 0.996. The molecule has 3 N–H and O–H groups in total. The molecule has 2 heterocycles. The van der Waals surface area contributed by atoms with Crippen LogP contribution < -0.4 is 11.1 Å². The van der Waals surface area contributed by atoms with Gasteiger partial charge in [-0.05, 0) is 30.2 Å². The Morgan fingerprint density at radius 2 is 2.04 bits per heavy atom. The van der Waals surface area contributed by atoms with E-state index in [0.29, 0.717) is 12.4 Å². The monoisotopic (exact) mass is 322 g/mol. The smallest absolute Gasteiger partial charge is 0.269 e. The molecule has 3 rings (SSSR count). The zero-order valence-corrected chi connectivity index (χ0v) is 13.3. The topological polar surface area (TPSA) is 98.7 Å². The van der Waals surface area contributed by atoms with Crippen LogP contribution in [0.15, 0.2) is 48.8 Å². The number of nitrogens with one attached hydrogen (secondary N) is 1. The van der Waals surface area contributed by atoms with E-state index in [1.54, 1.807) is 18.3 Å². The van der Waals surface area contributed by atoms with Crippen molar-refractivity contribution in [3.63, 3.8) is 0 Å². The Kier molecular flexibility index (Phi) is 4.51. The van der Waals surface area contributed by atoms with Gasteiger partial charge in [-0.2, -0.15) is 0 Å². The molecule has 0 aliphatic carbocycles. The summed E-state index contributed by atoms with van der Waals surface area (Å²) in [7, 11) is 0. The minimum absolute atomic E-state index is 0.151. The Hall–Kier alpha value is -3.22. The van der Waals surface area contributed by atoms with E-state index in [1.165, 1.54) is 5.56 Å². The minimum Gasteiger partial charge on any atom is -0.365 e. The highest BCUT2D eigenvalue weighted by atomic mass is 16.1. The van der Waals surface area contributed by atoms with Crippen LogP contribution in [0.4, 0.5) is 5.82 Å². The van der Waals surface area contributed by atoms with Crippen molar-refractivity contribution in [1.29, 1.82) is 0 Å². The van der Waals surface area contributed by atoms with Crippen molar-refractivity contribution in [2.75, 3.05) is 5.32 Å². The Morgan fingerprint density at radius 1 is 1.21 bits per heavy atom. The number of hydrogen-bond donors (Lipinski definition) is 2. The maximum Gasteiger partial charge on any atom is 0.269 e.